The van der Waals surface area contributed by atoms with E-state index in [1.807, 2.05) is 0 Å². The number of hydrogen-bond donors (Lipinski definition) is 2. The van der Waals surface area contributed by atoms with Gasteiger partial charge in [-0.25, -0.2) is 26.7 Å². The molecule has 0 bridgehead atoms. The van der Waals surface area contributed by atoms with E-state index in [0.717, 1.165) is 18.2 Å². The van der Waals surface area contributed by atoms with Gasteiger partial charge in [0.25, 0.3) is 0 Å². The van der Waals surface area contributed by atoms with E-state index < -0.39 is 51.7 Å². The average molecular weight is 303 g/mol. The van der Waals surface area contributed by atoms with Crippen LogP contribution in [0, 0.1) is 29.1 Å². The van der Waals surface area contributed by atoms with E-state index in [9.17, 15) is 26.7 Å². The molecule has 21 heavy (non-hydrogen) atoms. The first-order valence-corrected chi connectivity index (χ1v) is 5.40. The number of anilines is 1. The van der Waals surface area contributed by atoms with Gasteiger partial charge in [0.2, 0.25) is 5.82 Å². The van der Waals surface area contributed by atoms with Crippen molar-refractivity contribution in [2.24, 2.45) is 0 Å². The number of aromatic carboxylic acids is 1. The van der Waals surface area contributed by atoms with Gasteiger partial charge in [-0.15, -0.1) is 0 Å². The van der Waals surface area contributed by atoms with E-state index in [0.29, 0.717) is 0 Å². The van der Waals surface area contributed by atoms with Crippen LogP contribution in [0.25, 0.3) is 11.1 Å². The van der Waals surface area contributed by atoms with Gasteiger partial charge >= 0.3 is 5.97 Å². The van der Waals surface area contributed by atoms with Crippen LogP contribution >= 0.6 is 0 Å². The molecule has 0 aliphatic carbocycles. The molecule has 0 aromatic heterocycles. The smallest absolute Gasteiger partial charge is 0.337 e. The monoisotopic (exact) mass is 303 g/mol. The molecule has 0 fully saturated rings. The fourth-order valence-corrected chi connectivity index (χ4v) is 1.76. The SMILES string of the molecule is Nc1ccc(-c2c(F)c(F)c(F)c(F)c2F)cc1C(=O)O. The van der Waals surface area contributed by atoms with Crippen LogP contribution in [0.4, 0.5) is 27.6 Å². The van der Waals surface area contributed by atoms with Gasteiger partial charge in [-0.2, -0.15) is 0 Å². The lowest BCUT2D eigenvalue weighted by atomic mass is 10.00. The molecule has 0 amide bonds. The number of carboxylic acid groups (broad SMARTS) is 1. The van der Waals surface area contributed by atoms with Crippen LogP contribution in [-0.4, -0.2) is 11.1 Å². The van der Waals surface area contributed by atoms with E-state index in [1.54, 1.807) is 0 Å². The Hall–Kier alpha value is -2.64. The number of hydrogen-bond acceptors (Lipinski definition) is 2. The lowest BCUT2D eigenvalue weighted by molar-refractivity contribution is 0.0698. The molecular weight excluding hydrogens is 297 g/mol. The Morgan fingerprint density at radius 2 is 1.38 bits per heavy atom. The van der Waals surface area contributed by atoms with Crippen molar-refractivity contribution in [1.29, 1.82) is 0 Å². The van der Waals surface area contributed by atoms with Crippen molar-refractivity contribution in [1.82, 2.24) is 0 Å². The zero-order chi connectivity index (χ0) is 15.9. The third kappa shape index (κ3) is 2.28. The second-order valence-electron chi connectivity index (χ2n) is 4.05. The maximum absolute atomic E-state index is 13.6. The summed E-state index contributed by atoms with van der Waals surface area (Å²) in [5.41, 5.74) is 2.92. The first-order valence-electron chi connectivity index (χ1n) is 5.40. The lowest BCUT2D eigenvalue weighted by Crippen LogP contribution is -2.06. The number of carbonyl (C=O) groups is 1. The number of halogens is 5. The number of rotatable bonds is 2. The second kappa shape index (κ2) is 5.04. The molecule has 0 atom stereocenters. The summed E-state index contributed by atoms with van der Waals surface area (Å²) >= 11 is 0. The van der Waals surface area contributed by atoms with Crippen molar-refractivity contribution in [2.75, 3.05) is 5.73 Å². The Balaban J connectivity index is 2.80. The molecule has 3 N–H and O–H groups in total. The molecular formula is C13H6F5NO2. The molecule has 0 saturated carbocycles. The van der Waals surface area contributed by atoms with E-state index in [4.69, 9.17) is 10.8 Å². The molecule has 0 unspecified atom stereocenters. The van der Waals surface area contributed by atoms with Crippen molar-refractivity contribution in [2.45, 2.75) is 0 Å². The Morgan fingerprint density at radius 3 is 1.86 bits per heavy atom. The highest BCUT2D eigenvalue weighted by Crippen LogP contribution is 2.32. The highest BCUT2D eigenvalue weighted by molar-refractivity contribution is 5.95. The summed E-state index contributed by atoms with van der Waals surface area (Å²) in [6.45, 7) is 0. The molecule has 0 aliphatic heterocycles. The van der Waals surface area contributed by atoms with Gasteiger partial charge in [0.1, 0.15) is 0 Å². The maximum Gasteiger partial charge on any atom is 0.337 e. The largest absolute Gasteiger partial charge is 0.478 e. The predicted octanol–water partition coefficient (Wildman–Crippen LogP) is 3.33. The lowest BCUT2D eigenvalue weighted by Gasteiger charge is -2.10. The van der Waals surface area contributed by atoms with Crippen LogP contribution in [0.2, 0.25) is 0 Å². The third-order valence-corrected chi connectivity index (χ3v) is 2.78. The normalized spacial score (nSPS) is 10.7. The molecule has 110 valence electrons. The highest BCUT2D eigenvalue weighted by Gasteiger charge is 2.27. The Labute approximate surface area is 114 Å². The number of nitrogens with two attached hydrogens (primary N) is 1. The highest BCUT2D eigenvalue weighted by atomic mass is 19.2. The molecule has 2 aromatic rings. The van der Waals surface area contributed by atoms with Crippen LogP contribution in [-0.2, 0) is 0 Å². The zero-order valence-electron chi connectivity index (χ0n) is 10.1. The third-order valence-electron chi connectivity index (χ3n) is 2.78. The van der Waals surface area contributed by atoms with E-state index in [-0.39, 0.29) is 5.69 Å². The predicted molar refractivity (Wildman–Crippen MR) is 63.0 cm³/mol. The van der Waals surface area contributed by atoms with Crippen LogP contribution in [0.1, 0.15) is 10.4 Å². The van der Waals surface area contributed by atoms with E-state index in [2.05, 4.69) is 0 Å². The van der Waals surface area contributed by atoms with Crippen LogP contribution < -0.4 is 5.73 Å². The van der Waals surface area contributed by atoms with E-state index in [1.165, 1.54) is 0 Å². The van der Waals surface area contributed by atoms with Crippen LogP contribution in [0.5, 0.6) is 0 Å². The van der Waals surface area contributed by atoms with Gasteiger partial charge < -0.3 is 10.8 Å². The summed E-state index contributed by atoms with van der Waals surface area (Å²) < 4.78 is 66.4. The fourth-order valence-electron chi connectivity index (χ4n) is 1.76. The van der Waals surface area contributed by atoms with Crippen molar-refractivity contribution >= 4 is 11.7 Å². The van der Waals surface area contributed by atoms with Gasteiger partial charge in [0, 0.05) is 5.69 Å². The molecule has 8 heteroatoms. The minimum atomic E-state index is -2.29. The van der Waals surface area contributed by atoms with Gasteiger partial charge in [-0.3, -0.25) is 0 Å². The molecule has 0 saturated heterocycles. The molecule has 0 spiro atoms. The molecule has 0 aliphatic rings. The Morgan fingerprint density at radius 1 is 0.905 bits per heavy atom. The summed E-state index contributed by atoms with van der Waals surface area (Å²) in [6, 6.07) is 2.69. The molecule has 2 rings (SSSR count). The second-order valence-corrected chi connectivity index (χ2v) is 4.05. The Bertz CT molecular complexity index is 732. The summed E-state index contributed by atoms with van der Waals surface area (Å²) in [4.78, 5) is 10.9. The minimum Gasteiger partial charge on any atom is -0.478 e. The number of carboxylic acids is 1. The first kappa shape index (κ1) is 14.8. The van der Waals surface area contributed by atoms with Crippen molar-refractivity contribution in [3.63, 3.8) is 0 Å². The summed E-state index contributed by atoms with van der Waals surface area (Å²) in [6.07, 6.45) is 0. The van der Waals surface area contributed by atoms with Crippen molar-refractivity contribution in [3.8, 4) is 11.1 Å². The van der Waals surface area contributed by atoms with Gasteiger partial charge in [0.15, 0.2) is 23.3 Å². The standard InChI is InChI=1S/C13H6F5NO2/c14-8-7(9(15)11(17)12(18)10(8)16)4-1-2-6(19)5(3-4)13(20)21/h1-3H,19H2,(H,20,21). The summed E-state index contributed by atoms with van der Waals surface area (Å²) in [5.74, 6) is -12.1. The molecule has 0 heterocycles. The molecule has 0 radical (unpaired) electrons. The summed E-state index contributed by atoms with van der Waals surface area (Å²) in [7, 11) is 0. The van der Waals surface area contributed by atoms with Crippen LogP contribution in [0.3, 0.4) is 0 Å². The quantitative estimate of drug-likeness (QED) is 0.387. The average Bonchev–Trinajstić information content (AvgIpc) is 2.44. The van der Waals surface area contributed by atoms with Gasteiger partial charge in [-0.05, 0) is 17.7 Å². The molecule has 2 aromatic carbocycles. The topological polar surface area (TPSA) is 63.3 Å². The van der Waals surface area contributed by atoms with Gasteiger partial charge in [0.05, 0.1) is 11.1 Å². The first-order chi connectivity index (χ1) is 9.75. The maximum atomic E-state index is 13.6. The van der Waals surface area contributed by atoms with Gasteiger partial charge in [-0.1, -0.05) is 6.07 Å². The van der Waals surface area contributed by atoms with Crippen molar-refractivity contribution < 1.29 is 31.9 Å². The zero-order valence-corrected chi connectivity index (χ0v) is 10.1. The van der Waals surface area contributed by atoms with E-state index >= 15 is 0 Å². The summed E-state index contributed by atoms with van der Waals surface area (Å²) in [5, 5.41) is 8.85. The minimum absolute atomic E-state index is 0.213. The number of nitrogen functional groups attached to an aromatic ring is 1. The Kier molecular flexibility index (Phi) is 3.54. The fraction of sp³-hybridized carbons (Fsp3) is 0. The number of benzene rings is 2. The molecule has 3 nitrogen and oxygen atoms in total. The van der Waals surface area contributed by atoms with Crippen LogP contribution in [0.15, 0.2) is 18.2 Å². The van der Waals surface area contributed by atoms with Crippen molar-refractivity contribution in [3.05, 3.63) is 52.8 Å².